The van der Waals surface area contributed by atoms with Crippen LogP contribution < -0.4 is 15.8 Å². The molecule has 10 heteroatoms. The molecule has 2 aliphatic rings. The Kier molecular flexibility index (Phi) is 5.56. The maximum Gasteiger partial charge on any atom is 0.316 e. The number of pyridine rings is 1. The summed E-state index contributed by atoms with van der Waals surface area (Å²) in [5.74, 6) is -0.0325. The Morgan fingerprint density at radius 3 is 2.42 bits per heavy atom. The van der Waals surface area contributed by atoms with E-state index < -0.39 is 24.1 Å². The Bertz CT molecular complexity index is 1420. The fourth-order valence-corrected chi connectivity index (χ4v) is 4.69. The lowest BCUT2D eigenvalue weighted by Crippen LogP contribution is -2.34. The molecule has 4 aromatic rings. The SMILES string of the molecule is NC(=O)Nc1ccc(-c2ccc(-c3nc4cc(O[C@@H]5COC6[C@H](O)CO[C@@H]65)[nH]c4cc3F)cc2)cc1. The van der Waals surface area contributed by atoms with Crippen molar-refractivity contribution < 1.29 is 28.5 Å². The number of halogens is 1. The number of aliphatic hydroxyl groups is 1. The molecule has 2 aliphatic heterocycles. The molecular formula is C26H23FN4O5. The highest BCUT2D eigenvalue weighted by Crippen LogP contribution is 2.32. The van der Waals surface area contributed by atoms with Crippen molar-refractivity contribution in [2.75, 3.05) is 18.5 Å². The number of aromatic nitrogens is 2. The molecule has 0 spiro atoms. The summed E-state index contributed by atoms with van der Waals surface area (Å²) in [5.41, 5.74) is 9.54. The van der Waals surface area contributed by atoms with Gasteiger partial charge >= 0.3 is 6.03 Å². The van der Waals surface area contributed by atoms with Crippen molar-refractivity contribution in [3.05, 3.63) is 66.5 Å². The quantitative estimate of drug-likeness (QED) is 0.339. The van der Waals surface area contributed by atoms with Gasteiger partial charge in [0.05, 0.1) is 24.2 Å². The largest absolute Gasteiger partial charge is 0.470 e. The van der Waals surface area contributed by atoms with E-state index in [1.54, 1.807) is 18.2 Å². The second-order valence-electron chi connectivity index (χ2n) is 8.85. The molecule has 0 aliphatic carbocycles. The number of aliphatic hydroxyl groups excluding tert-OH is 1. The lowest BCUT2D eigenvalue weighted by atomic mass is 10.0. The first-order valence-electron chi connectivity index (χ1n) is 11.5. The minimum Gasteiger partial charge on any atom is -0.470 e. The molecular weight excluding hydrogens is 467 g/mol. The number of primary amides is 1. The number of nitrogens with zero attached hydrogens (tertiary/aromatic N) is 1. The molecule has 6 rings (SSSR count). The van der Waals surface area contributed by atoms with Crippen molar-refractivity contribution in [2.24, 2.45) is 5.73 Å². The zero-order valence-corrected chi connectivity index (χ0v) is 19.0. The second kappa shape index (κ2) is 8.90. The van der Waals surface area contributed by atoms with E-state index in [1.807, 2.05) is 36.4 Å². The standard InChI is InChI=1S/C26H23FN4O5/c27-17-9-18-19(10-22(30-18)36-21-12-35-24-20(32)11-34-25(21)24)31-23(17)15-3-1-13(2-4-15)14-5-7-16(8-6-14)29-26(28)33/h1-10,20-21,24-25,30,32H,11-12H2,(H3,28,29,33)/t20-,21-,24?,25-/m1/s1. The van der Waals surface area contributed by atoms with Crippen LogP contribution in [0.15, 0.2) is 60.7 Å². The number of nitrogens with two attached hydrogens (primary N) is 1. The molecule has 2 fully saturated rings. The van der Waals surface area contributed by atoms with Crippen LogP contribution in [-0.4, -0.2) is 58.7 Å². The van der Waals surface area contributed by atoms with Crippen molar-refractivity contribution in [2.45, 2.75) is 24.4 Å². The summed E-state index contributed by atoms with van der Waals surface area (Å²) in [7, 11) is 0. The zero-order valence-electron chi connectivity index (χ0n) is 19.0. The summed E-state index contributed by atoms with van der Waals surface area (Å²) in [6.07, 6.45) is -1.78. The number of fused-ring (bicyclic) bond motifs is 2. The molecule has 4 heterocycles. The van der Waals surface area contributed by atoms with Gasteiger partial charge in [-0.3, -0.25) is 0 Å². The molecule has 0 saturated carbocycles. The topological polar surface area (TPSA) is 132 Å². The highest BCUT2D eigenvalue weighted by Gasteiger charge is 2.48. The summed E-state index contributed by atoms with van der Waals surface area (Å²) < 4.78 is 32.2. The van der Waals surface area contributed by atoms with Gasteiger partial charge in [0.2, 0.25) is 0 Å². The number of H-pyrrole nitrogens is 1. The number of rotatable bonds is 5. The number of anilines is 1. The van der Waals surface area contributed by atoms with Crippen LogP contribution in [0.25, 0.3) is 33.4 Å². The third kappa shape index (κ3) is 4.15. The number of hydrogen-bond acceptors (Lipinski definition) is 6. The third-order valence-corrected chi connectivity index (χ3v) is 6.44. The van der Waals surface area contributed by atoms with Gasteiger partial charge in [0.25, 0.3) is 0 Å². The molecule has 0 bridgehead atoms. The van der Waals surface area contributed by atoms with Gasteiger partial charge in [0.1, 0.15) is 24.0 Å². The number of carbonyl (C=O) groups excluding carboxylic acids is 1. The molecule has 9 nitrogen and oxygen atoms in total. The number of benzene rings is 2. The maximum absolute atomic E-state index is 15.0. The summed E-state index contributed by atoms with van der Waals surface area (Å²) >= 11 is 0. The van der Waals surface area contributed by atoms with E-state index in [0.717, 1.165) is 11.1 Å². The van der Waals surface area contributed by atoms with Crippen LogP contribution in [0.4, 0.5) is 14.9 Å². The maximum atomic E-state index is 15.0. The van der Waals surface area contributed by atoms with E-state index in [2.05, 4.69) is 15.3 Å². The van der Waals surface area contributed by atoms with Crippen LogP contribution in [0.3, 0.4) is 0 Å². The smallest absolute Gasteiger partial charge is 0.316 e. The minimum absolute atomic E-state index is 0.217. The molecule has 2 saturated heterocycles. The van der Waals surface area contributed by atoms with Crippen LogP contribution in [0.5, 0.6) is 5.88 Å². The van der Waals surface area contributed by atoms with Gasteiger partial charge in [-0.2, -0.15) is 0 Å². The summed E-state index contributed by atoms with van der Waals surface area (Å²) in [4.78, 5) is 18.5. The lowest BCUT2D eigenvalue weighted by molar-refractivity contribution is 0.00794. The fraction of sp³-hybridized carbons (Fsp3) is 0.231. The summed E-state index contributed by atoms with van der Waals surface area (Å²) in [6, 6.07) is 17.1. The van der Waals surface area contributed by atoms with E-state index in [1.165, 1.54) is 6.07 Å². The normalized spacial score (nSPS) is 23.1. The molecule has 184 valence electrons. The fourth-order valence-electron chi connectivity index (χ4n) is 4.69. The first kappa shape index (κ1) is 22.5. The Balaban J connectivity index is 1.21. The Hall–Kier alpha value is -3.99. The summed E-state index contributed by atoms with van der Waals surface area (Å²) in [6.45, 7) is 0.514. The van der Waals surface area contributed by atoms with Crippen molar-refractivity contribution in [1.29, 1.82) is 0 Å². The Labute approximate surface area is 205 Å². The molecule has 36 heavy (non-hydrogen) atoms. The van der Waals surface area contributed by atoms with Gasteiger partial charge in [-0.05, 0) is 23.3 Å². The molecule has 1 unspecified atom stereocenters. The van der Waals surface area contributed by atoms with Crippen molar-refractivity contribution in [1.82, 2.24) is 9.97 Å². The zero-order chi connectivity index (χ0) is 24.8. The number of amides is 2. The summed E-state index contributed by atoms with van der Waals surface area (Å²) in [5, 5.41) is 12.4. The highest BCUT2D eigenvalue weighted by molar-refractivity contribution is 5.88. The van der Waals surface area contributed by atoms with Crippen LogP contribution >= 0.6 is 0 Å². The monoisotopic (exact) mass is 490 g/mol. The van der Waals surface area contributed by atoms with Crippen molar-refractivity contribution >= 4 is 22.8 Å². The van der Waals surface area contributed by atoms with Crippen LogP contribution in [0.1, 0.15) is 0 Å². The van der Waals surface area contributed by atoms with Gasteiger partial charge in [0, 0.05) is 23.4 Å². The van der Waals surface area contributed by atoms with Crippen LogP contribution in [-0.2, 0) is 9.47 Å². The highest BCUT2D eigenvalue weighted by atomic mass is 19.1. The lowest BCUT2D eigenvalue weighted by Gasteiger charge is -2.16. The van der Waals surface area contributed by atoms with Gasteiger partial charge < -0.3 is 35.4 Å². The molecule has 5 N–H and O–H groups in total. The van der Waals surface area contributed by atoms with E-state index in [4.69, 9.17) is 19.9 Å². The predicted molar refractivity (Wildman–Crippen MR) is 130 cm³/mol. The van der Waals surface area contributed by atoms with Gasteiger partial charge in [0.15, 0.2) is 17.8 Å². The third-order valence-electron chi connectivity index (χ3n) is 6.44. The first-order valence-corrected chi connectivity index (χ1v) is 11.5. The number of ether oxygens (including phenoxy) is 3. The van der Waals surface area contributed by atoms with Crippen LogP contribution in [0, 0.1) is 5.82 Å². The Morgan fingerprint density at radius 1 is 1.03 bits per heavy atom. The molecule has 2 amide bonds. The van der Waals surface area contributed by atoms with Gasteiger partial charge in [-0.25, -0.2) is 14.2 Å². The van der Waals surface area contributed by atoms with E-state index in [0.29, 0.717) is 34.8 Å². The van der Waals surface area contributed by atoms with E-state index in [-0.39, 0.29) is 24.5 Å². The van der Waals surface area contributed by atoms with Crippen LogP contribution in [0.2, 0.25) is 0 Å². The molecule has 4 atom stereocenters. The first-order chi connectivity index (χ1) is 17.4. The molecule has 2 aromatic carbocycles. The predicted octanol–water partition coefficient (Wildman–Crippen LogP) is 3.43. The average molecular weight is 490 g/mol. The number of aromatic amines is 1. The van der Waals surface area contributed by atoms with E-state index in [9.17, 15) is 14.3 Å². The average Bonchev–Trinajstić information content (AvgIpc) is 3.55. The van der Waals surface area contributed by atoms with E-state index >= 15 is 0 Å². The number of nitrogens with one attached hydrogen (secondary N) is 2. The van der Waals surface area contributed by atoms with Crippen molar-refractivity contribution in [3.63, 3.8) is 0 Å². The van der Waals surface area contributed by atoms with Gasteiger partial charge in [-0.1, -0.05) is 36.4 Å². The number of urea groups is 1. The van der Waals surface area contributed by atoms with Crippen molar-refractivity contribution in [3.8, 4) is 28.3 Å². The number of hydrogen-bond donors (Lipinski definition) is 4. The molecule has 0 radical (unpaired) electrons. The Morgan fingerprint density at radius 2 is 1.69 bits per heavy atom. The molecule has 2 aromatic heterocycles. The second-order valence-corrected chi connectivity index (χ2v) is 8.85. The minimum atomic E-state index is -0.658. The van der Waals surface area contributed by atoms with Gasteiger partial charge in [-0.15, -0.1) is 0 Å². The number of carbonyl (C=O) groups is 1.